The Kier molecular flexibility index (Phi) is 9.77. The smallest absolute Gasteiger partial charge is 0.262 e. The van der Waals surface area contributed by atoms with Gasteiger partial charge in [-0.2, -0.15) is 0 Å². The summed E-state index contributed by atoms with van der Waals surface area (Å²) >= 11 is 6.39. The Morgan fingerprint density at radius 2 is 1.83 bits per heavy atom. The third kappa shape index (κ3) is 7.93. The van der Waals surface area contributed by atoms with Crippen LogP contribution in [0.5, 0.6) is 11.5 Å². The summed E-state index contributed by atoms with van der Waals surface area (Å²) in [4.78, 5) is 12.2. The first-order chi connectivity index (χ1) is 14.0. The van der Waals surface area contributed by atoms with Gasteiger partial charge in [-0.25, -0.2) is 0 Å². The number of carbonyl (C=O) groups is 1. The highest BCUT2D eigenvalue weighted by atomic mass is 35.5. The van der Waals surface area contributed by atoms with E-state index in [1.807, 2.05) is 44.2 Å². The van der Waals surface area contributed by atoms with Gasteiger partial charge in [-0.3, -0.25) is 4.79 Å². The van der Waals surface area contributed by atoms with Crippen molar-refractivity contribution in [2.24, 2.45) is 0 Å². The Morgan fingerprint density at radius 3 is 2.52 bits per heavy atom. The standard InChI is InChI=1S/C22H29ClN2O4/c1-3-28-20-12-17(14-24-10-4-5-11-26)19(23)13-21(20)29-15-22(27)25-18-8-6-16(2)7-9-18/h6-9,12-13,24,26H,3-5,10-11,14-15H2,1-2H3,(H,25,27). The van der Waals surface area contributed by atoms with Crippen molar-refractivity contribution < 1.29 is 19.4 Å². The van der Waals surface area contributed by atoms with E-state index in [9.17, 15) is 4.79 Å². The molecule has 0 heterocycles. The molecule has 0 fully saturated rings. The molecule has 0 unspecified atom stereocenters. The Bertz CT molecular complexity index is 781. The quantitative estimate of drug-likeness (QED) is 0.453. The van der Waals surface area contributed by atoms with Crippen LogP contribution in [0.25, 0.3) is 0 Å². The van der Waals surface area contributed by atoms with E-state index in [4.69, 9.17) is 26.2 Å². The zero-order valence-electron chi connectivity index (χ0n) is 17.0. The molecule has 0 aromatic heterocycles. The molecule has 0 aliphatic carbocycles. The number of hydrogen-bond acceptors (Lipinski definition) is 5. The summed E-state index contributed by atoms with van der Waals surface area (Å²) in [6.45, 7) is 5.76. The molecule has 0 radical (unpaired) electrons. The predicted molar refractivity (Wildman–Crippen MR) is 116 cm³/mol. The molecule has 2 aromatic rings. The van der Waals surface area contributed by atoms with E-state index in [-0.39, 0.29) is 19.1 Å². The van der Waals surface area contributed by atoms with Crippen LogP contribution in [0, 0.1) is 6.92 Å². The van der Waals surface area contributed by atoms with Crippen molar-refractivity contribution in [3.63, 3.8) is 0 Å². The molecule has 29 heavy (non-hydrogen) atoms. The lowest BCUT2D eigenvalue weighted by Crippen LogP contribution is -2.20. The van der Waals surface area contributed by atoms with Gasteiger partial charge in [0.05, 0.1) is 6.61 Å². The SMILES string of the molecule is CCOc1cc(CNCCCCO)c(Cl)cc1OCC(=O)Nc1ccc(C)cc1. The van der Waals surface area contributed by atoms with E-state index in [1.165, 1.54) is 0 Å². The molecule has 0 atom stereocenters. The molecule has 1 amide bonds. The number of aryl methyl sites for hydroxylation is 1. The number of hydrogen-bond donors (Lipinski definition) is 3. The van der Waals surface area contributed by atoms with Gasteiger partial charge in [0.15, 0.2) is 18.1 Å². The molecular formula is C22H29ClN2O4. The van der Waals surface area contributed by atoms with Gasteiger partial charge < -0.3 is 25.2 Å². The first-order valence-electron chi connectivity index (χ1n) is 9.79. The van der Waals surface area contributed by atoms with E-state index in [0.29, 0.717) is 29.7 Å². The minimum Gasteiger partial charge on any atom is -0.490 e. The van der Waals surface area contributed by atoms with Gasteiger partial charge in [0.2, 0.25) is 0 Å². The summed E-state index contributed by atoms with van der Waals surface area (Å²) in [7, 11) is 0. The fourth-order valence-corrected chi connectivity index (χ4v) is 2.88. The van der Waals surface area contributed by atoms with Crippen molar-refractivity contribution in [3.8, 4) is 11.5 Å². The summed E-state index contributed by atoms with van der Waals surface area (Å²) in [5.41, 5.74) is 2.73. The second-order valence-corrected chi connectivity index (χ2v) is 7.04. The third-order valence-electron chi connectivity index (χ3n) is 4.18. The highest BCUT2D eigenvalue weighted by molar-refractivity contribution is 6.31. The van der Waals surface area contributed by atoms with Crippen molar-refractivity contribution in [3.05, 3.63) is 52.5 Å². The number of halogens is 1. The number of benzene rings is 2. The summed E-state index contributed by atoms with van der Waals surface area (Å²) in [5, 5.41) is 15.5. The van der Waals surface area contributed by atoms with Crippen LogP contribution in [0.1, 0.15) is 30.9 Å². The fraction of sp³-hybridized carbons (Fsp3) is 0.409. The number of unbranched alkanes of at least 4 members (excludes halogenated alkanes) is 1. The minimum absolute atomic E-state index is 0.150. The minimum atomic E-state index is -0.262. The summed E-state index contributed by atoms with van der Waals surface area (Å²) < 4.78 is 11.3. The second-order valence-electron chi connectivity index (χ2n) is 6.63. The molecule has 0 saturated carbocycles. The average Bonchev–Trinajstić information content (AvgIpc) is 2.70. The molecule has 0 aliphatic rings. The maximum Gasteiger partial charge on any atom is 0.262 e. The van der Waals surface area contributed by atoms with Crippen LogP contribution < -0.4 is 20.1 Å². The largest absolute Gasteiger partial charge is 0.490 e. The Morgan fingerprint density at radius 1 is 1.10 bits per heavy atom. The molecule has 0 spiro atoms. The monoisotopic (exact) mass is 420 g/mol. The van der Waals surface area contributed by atoms with E-state index in [2.05, 4.69) is 10.6 Å². The van der Waals surface area contributed by atoms with Gasteiger partial charge in [0.25, 0.3) is 5.91 Å². The van der Waals surface area contributed by atoms with E-state index in [1.54, 1.807) is 6.07 Å². The first-order valence-corrected chi connectivity index (χ1v) is 10.2. The molecule has 2 rings (SSSR count). The Balaban J connectivity index is 1.96. The lowest BCUT2D eigenvalue weighted by molar-refractivity contribution is -0.118. The van der Waals surface area contributed by atoms with Crippen LogP contribution in [0.15, 0.2) is 36.4 Å². The number of amides is 1. The summed E-state index contributed by atoms with van der Waals surface area (Å²) in [6.07, 6.45) is 1.66. The van der Waals surface area contributed by atoms with Crippen molar-refractivity contribution in [1.29, 1.82) is 0 Å². The van der Waals surface area contributed by atoms with Crippen molar-refractivity contribution in [2.45, 2.75) is 33.2 Å². The van der Waals surface area contributed by atoms with Crippen LogP contribution in [-0.4, -0.2) is 37.4 Å². The zero-order valence-corrected chi connectivity index (χ0v) is 17.7. The van der Waals surface area contributed by atoms with Crippen LogP contribution in [0.3, 0.4) is 0 Å². The molecule has 0 bridgehead atoms. The van der Waals surface area contributed by atoms with Crippen LogP contribution in [-0.2, 0) is 11.3 Å². The highest BCUT2D eigenvalue weighted by Gasteiger charge is 2.13. The van der Waals surface area contributed by atoms with Gasteiger partial charge in [0, 0.05) is 29.9 Å². The maximum atomic E-state index is 12.2. The number of rotatable bonds is 12. The van der Waals surface area contributed by atoms with E-state index >= 15 is 0 Å². The zero-order chi connectivity index (χ0) is 21.1. The number of carbonyl (C=O) groups excluding carboxylic acids is 1. The Labute approximate surface area is 177 Å². The van der Waals surface area contributed by atoms with Crippen LogP contribution in [0.4, 0.5) is 5.69 Å². The number of nitrogens with one attached hydrogen (secondary N) is 2. The second kappa shape index (κ2) is 12.3. The van der Waals surface area contributed by atoms with Gasteiger partial charge in [0.1, 0.15) is 0 Å². The van der Waals surface area contributed by atoms with Crippen molar-refractivity contribution in [2.75, 3.05) is 31.7 Å². The topological polar surface area (TPSA) is 79.8 Å². The summed E-state index contributed by atoms with van der Waals surface area (Å²) in [5.74, 6) is 0.717. The summed E-state index contributed by atoms with van der Waals surface area (Å²) in [6, 6.07) is 11.1. The molecule has 6 nitrogen and oxygen atoms in total. The molecule has 3 N–H and O–H groups in total. The van der Waals surface area contributed by atoms with Gasteiger partial charge in [-0.05, 0) is 57.0 Å². The van der Waals surface area contributed by atoms with Gasteiger partial charge >= 0.3 is 0 Å². The molecule has 0 aliphatic heterocycles. The molecule has 2 aromatic carbocycles. The lowest BCUT2D eigenvalue weighted by Gasteiger charge is -2.15. The van der Waals surface area contributed by atoms with Crippen LogP contribution >= 0.6 is 11.6 Å². The van der Waals surface area contributed by atoms with E-state index in [0.717, 1.165) is 36.2 Å². The highest BCUT2D eigenvalue weighted by Crippen LogP contribution is 2.33. The van der Waals surface area contributed by atoms with Gasteiger partial charge in [-0.1, -0.05) is 29.3 Å². The van der Waals surface area contributed by atoms with E-state index < -0.39 is 0 Å². The number of ether oxygens (including phenoxy) is 2. The molecule has 0 saturated heterocycles. The molecule has 7 heteroatoms. The third-order valence-corrected chi connectivity index (χ3v) is 4.54. The fourth-order valence-electron chi connectivity index (χ4n) is 2.66. The number of anilines is 1. The van der Waals surface area contributed by atoms with Crippen molar-refractivity contribution in [1.82, 2.24) is 5.32 Å². The molecular weight excluding hydrogens is 392 g/mol. The maximum absolute atomic E-state index is 12.2. The number of aliphatic hydroxyl groups is 1. The van der Waals surface area contributed by atoms with Crippen molar-refractivity contribution >= 4 is 23.2 Å². The van der Waals surface area contributed by atoms with Gasteiger partial charge in [-0.15, -0.1) is 0 Å². The number of aliphatic hydroxyl groups excluding tert-OH is 1. The average molecular weight is 421 g/mol. The Hall–Kier alpha value is -2.28. The predicted octanol–water partition coefficient (Wildman–Crippen LogP) is 3.93. The lowest BCUT2D eigenvalue weighted by atomic mass is 10.2. The normalized spacial score (nSPS) is 10.6. The molecule has 158 valence electrons. The first kappa shape index (κ1) is 23.0. The van der Waals surface area contributed by atoms with Crippen LogP contribution in [0.2, 0.25) is 5.02 Å².